The molecule has 0 aromatic heterocycles. The van der Waals surface area contributed by atoms with Crippen LogP contribution in [0, 0.1) is 5.92 Å². The second-order valence-corrected chi connectivity index (χ2v) is 6.60. The number of carbonyl (C=O) groups is 4. The van der Waals surface area contributed by atoms with Crippen LogP contribution in [0.2, 0.25) is 0 Å². The molecule has 0 spiro atoms. The number of carbonyl (C=O) groups excluding carboxylic acids is 4. The van der Waals surface area contributed by atoms with Gasteiger partial charge in [0.05, 0.1) is 18.1 Å². The maximum absolute atomic E-state index is 12.5. The largest absolute Gasteiger partial charge is 0.462 e. The van der Waals surface area contributed by atoms with Gasteiger partial charge in [0.15, 0.2) is 5.78 Å². The molecule has 0 amide bonds. The van der Waals surface area contributed by atoms with E-state index in [0.717, 1.165) is 0 Å². The van der Waals surface area contributed by atoms with Gasteiger partial charge in [0.2, 0.25) is 0 Å². The average Bonchev–Trinajstić information content (AvgIpc) is 2.72. The number of rotatable bonds is 11. The van der Waals surface area contributed by atoms with E-state index < -0.39 is 11.9 Å². The van der Waals surface area contributed by atoms with E-state index in [1.54, 1.807) is 54.6 Å². The van der Waals surface area contributed by atoms with Crippen LogP contribution in [0.4, 0.5) is 0 Å². The van der Waals surface area contributed by atoms with Crippen LogP contribution in [0.25, 0.3) is 0 Å². The molecule has 0 saturated carbocycles. The number of hydrogen-bond donors (Lipinski definition) is 0. The Labute approximate surface area is 164 Å². The molecule has 5 heteroatoms. The summed E-state index contributed by atoms with van der Waals surface area (Å²) in [6.07, 6.45) is 1.23. The number of hydrogen-bond acceptors (Lipinski definition) is 5. The van der Waals surface area contributed by atoms with E-state index in [9.17, 15) is 19.2 Å². The van der Waals surface area contributed by atoms with E-state index in [0.29, 0.717) is 24.0 Å². The number of benzene rings is 2. The standard InChI is InChI=1S/C23H24O5/c1-17(24)21(22(26)18-10-4-2-5-11-18)16-20(25)14-8-9-15-28-23(27)19-12-6-3-7-13-19/h2-7,10-13,21H,8-9,14-16H2,1H3. The maximum Gasteiger partial charge on any atom is 0.338 e. The summed E-state index contributed by atoms with van der Waals surface area (Å²) < 4.78 is 5.17. The summed E-state index contributed by atoms with van der Waals surface area (Å²) in [5.74, 6) is -2.10. The van der Waals surface area contributed by atoms with Crippen molar-refractivity contribution in [2.24, 2.45) is 5.92 Å². The number of ether oxygens (including phenoxy) is 1. The minimum absolute atomic E-state index is 0.0904. The molecule has 0 fully saturated rings. The van der Waals surface area contributed by atoms with Crippen LogP contribution in [0.5, 0.6) is 0 Å². The summed E-state index contributed by atoms with van der Waals surface area (Å²) >= 11 is 0. The average molecular weight is 380 g/mol. The van der Waals surface area contributed by atoms with Crippen molar-refractivity contribution < 1.29 is 23.9 Å². The molecule has 5 nitrogen and oxygen atoms in total. The van der Waals surface area contributed by atoms with E-state index in [1.807, 2.05) is 6.07 Å². The van der Waals surface area contributed by atoms with Crippen molar-refractivity contribution in [3.8, 4) is 0 Å². The highest BCUT2D eigenvalue weighted by atomic mass is 16.5. The Morgan fingerprint density at radius 1 is 0.821 bits per heavy atom. The van der Waals surface area contributed by atoms with Gasteiger partial charge in [-0.15, -0.1) is 0 Å². The Morgan fingerprint density at radius 2 is 1.39 bits per heavy atom. The first-order chi connectivity index (χ1) is 13.5. The molecule has 28 heavy (non-hydrogen) atoms. The van der Waals surface area contributed by atoms with Gasteiger partial charge in [-0.2, -0.15) is 0 Å². The summed E-state index contributed by atoms with van der Waals surface area (Å²) in [6, 6.07) is 17.2. The highest BCUT2D eigenvalue weighted by molar-refractivity contribution is 6.12. The lowest BCUT2D eigenvalue weighted by molar-refractivity contribution is -0.125. The lowest BCUT2D eigenvalue weighted by atomic mass is 9.89. The summed E-state index contributed by atoms with van der Waals surface area (Å²) in [4.78, 5) is 48.3. The summed E-state index contributed by atoms with van der Waals surface area (Å²) in [5, 5.41) is 0. The predicted octanol–water partition coefficient (Wildman–Crippen LogP) is 4.06. The molecule has 0 heterocycles. The molecule has 0 N–H and O–H groups in total. The quantitative estimate of drug-likeness (QED) is 0.254. The molecule has 2 rings (SSSR count). The Balaban J connectivity index is 1.74. The van der Waals surface area contributed by atoms with Crippen molar-refractivity contribution in [2.45, 2.75) is 32.6 Å². The molecule has 0 aliphatic heterocycles. The summed E-state index contributed by atoms with van der Waals surface area (Å²) in [5.41, 5.74) is 0.922. The van der Waals surface area contributed by atoms with Crippen LogP contribution >= 0.6 is 0 Å². The fraction of sp³-hybridized carbons (Fsp3) is 0.304. The molecular formula is C23H24O5. The van der Waals surface area contributed by atoms with E-state index >= 15 is 0 Å². The first-order valence-corrected chi connectivity index (χ1v) is 9.32. The van der Waals surface area contributed by atoms with Gasteiger partial charge < -0.3 is 4.74 Å². The van der Waals surface area contributed by atoms with Gasteiger partial charge in [0, 0.05) is 18.4 Å². The van der Waals surface area contributed by atoms with Gasteiger partial charge in [0.1, 0.15) is 11.6 Å². The lowest BCUT2D eigenvalue weighted by Crippen LogP contribution is -2.25. The zero-order valence-corrected chi connectivity index (χ0v) is 15.9. The monoisotopic (exact) mass is 380 g/mol. The highest BCUT2D eigenvalue weighted by Gasteiger charge is 2.26. The Morgan fingerprint density at radius 3 is 1.96 bits per heavy atom. The molecule has 0 aliphatic carbocycles. The van der Waals surface area contributed by atoms with E-state index in [-0.39, 0.29) is 36.8 Å². The second kappa shape index (κ2) is 10.9. The van der Waals surface area contributed by atoms with Crippen molar-refractivity contribution >= 4 is 23.3 Å². The van der Waals surface area contributed by atoms with Gasteiger partial charge in [0.25, 0.3) is 0 Å². The van der Waals surface area contributed by atoms with Crippen LogP contribution in [0.15, 0.2) is 60.7 Å². The van der Waals surface area contributed by atoms with Crippen LogP contribution in [-0.2, 0) is 14.3 Å². The van der Waals surface area contributed by atoms with Crippen molar-refractivity contribution in [1.29, 1.82) is 0 Å². The van der Waals surface area contributed by atoms with E-state index in [4.69, 9.17) is 4.74 Å². The fourth-order valence-corrected chi connectivity index (χ4v) is 2.80. The first kappa shape index (κ1) is 21.2. The number of ketones is 3. The van der Waals surface area contributed by atoms with Gasteiger partial charge >= 0.3 is 5.97 Å². The third kappa shape index (κ3) is 6.58. The highest BCUT2D eigenvalue weighted by Crippen LogP contribution is 2.16. The smallest absolute Gasteiger partial charge is 0.338 e. The van der Waals surface area contributed by atoms with Crippen molar-refractivity contribution in [3.05, 3.63) is 71.8 Å². The third-order valence-electron chi connectivity index (χ3n) is 4.39. The minimum atomic E-state index is -0.939. The first-order valence-electron chi connectivity index (χ1n) is 9.32. The Bertz CT molecular complexity index is 811. The minimum Gasteiger partial charge on any atom is -0.462 e. The molecule has 1 unspecified atom stereocenters. The molecule has 2 aromatic carbocycles. The zero-order valence-electron chi connectivity index (χ0n) is 15.9. The van der Waals surface area contributed by atoms with E-state index in [2.05, 4.69) is 0 Å². The molecule has 0 radical (unpaired) electrons. The number of esters is 1. The topological polar surface area (TPSA) is 77.5 Å². The Hall–Kier alpha value is -3.08. The van der Waals surface area contributed by atoms with Crippen LogP contribution in [0.1, 0.15) is 53.3 Å². The van der Waals surface area contributed by atoms with Crippen molar-refractivity contribution in [2.75, 3.05) is 6.61 Å². The van der Waals surface area contributed by atoms with Crippen LogP contribution < -0.4 is 0 Å². The van der Waals surface area contributed by atoms with Crippen molar-refractivity contribution in [3.63, 3.8) is 0 Å². The molecule has 0 aliphatic rings. The molecule has 2 aromatic rings. The van der Waals surface area contributed by atoms with Crippen molar-refractivity contribution in [1.82, 2.24) is 0 Å². The van der Waals surface area contributed by atoms with Gasteiger partial charge in [-0.25, -0.2) is 4.79 Å². The number of Topliss-reactive ketones (excluding diaryl/α,β-unsaturated/α-hetero) is 3. The lowest BCUT2D eigenvalue weighted by Gasteiger charge is -2.12. The third-order valence-corrected chi connectivity index (χ3v) is 4.39. The molecule has 0 bridgehead atoms. The summed E-state index contributed by atoms with van der Waals surface area (Å²) in [6.45, 7) is 1.56. The van der Waals surface area contributed by atoms with Gasteiger partial charge in [-0.3, -0.25) is 14.4 Å². The van der Waals surface area contributed by atoms with Gasteiger partial charge in [-0.1, -0.05) is 48.5 Å². The SMILES string of the molecule is CC(=O)C(CC(=O)CCCCOC(=O)c1ccccc1)C(=O)c1ccccc1. The predicted molar refractivity (Wildman–Crippen MR) is 105 cm³/mol. The maximum atomic E-state index is 12.5. The molecular weight excluding hydrogens is 356 g/mol. The van der Waals surface area contributed by atoms with Crippen LogP contribution in [0.3, 0.4) is 0 Å². The number of unbranched alkanes of at least 4 members (excludes halogenated alkanes) is 1. The normalized spacial score (nSPS) is 11.5. The molecule has 146 valence electrons. The molecule has 0 saturated heterocycles. The van der Waals surface area contributed by atoms with E-state index in [1.165, 1.54) is 6.92 Å². The Kier molecular flexibility index (Phi) is 8.28. The zero-order chi connectivity index (χ0) is 20.4. The summed E-state index contributed by atoms with van der Waals surface area (Å²) in [7, 11) is 0. The molecule has 1 atom stereocenters. The van der Waals surface area contributed by atoms with Gasteiger partial charge in [-0.05, 0) is 31.9 Å². The second-order valence-electron chi connectivity index (χ2n) is 6.60. The van der Waals surface area contributed by atoms with Crippen LogP contribution in [-0.4, -0.2) is 29.9 Å². The fourth-order valence-electron chi connectivity index (χ4n) is 2.80.